The minimum atomic E-state index is -0.396. The molecule has 1 aromatic heterocycles. The second-order valence-corrected chi connectivity index (χ2v) is 4.36. The summed E-state index contributed by atoms with van der Waals surface area (Å²) in [5, 5.41) is 5.30. The molecule has 0 fully saturated rings. The fourth-order valence-electron chi connectivity index (χ4n) is 1.45. The van der Waals surface area contributed by atoms with Gasteiger partial charge >= 0.3 is 0 Å². The van der Waals surface area contributed by atoms with Crippen molar-refractivity contribution in [2.45, 2.75) is 13.1 Å². The summed E-state index contributed by atoms with van der Waals surface area (Å²) in [4.78, 5) is 15.1. The third-order valence-electron chi connectivity index (χ3n) is 2.36. The topological polar surface area (TPSA) is 68.0 Å². The van der Waals surface area contributed by atoms with Gasteiger partial charge in [-0.1, -0.05) is 12.1 Å². The van der Waals surface area contributed by atoms with Crippen LogP contribution in [0, 0.1) is 0 Å². The smallest absolute Gasteiger partial charge is 0.248 e. The number of rotatable bonds is 5. The van der Waals surface area contributed by atoms with Gasteiger partial charge < -0.3 is 11.1 Å². The van der Waals surface area contributed by atoms with Gasteiger partial charge in [0.2, 0.25) is 5.91 Å². The van der Waals surface area contributed by atoms with Crippen LogP contribution in [-0.4, -0.2) is 10.9 Å². The van der Waals surface area contributed by atoms with Crippen molar-refractivity contribution in [3.63, 3.8) is 0 Å². The molecule has 17 heavy (non-hydrogen) atoms. The zero-order chi connectivity index (χ0) is 12.1. The number of amides is 1. The summed E-state index contributed by atoms with van der Waals surface area (Å²) >= 11 is 1.59. The fourth-order valence-corrected chi connectivity index (χ4v) is 2.00. The summed E-state index contributed by atoms with van der Waals surface area (Å²) in [5.41, 5.74) is 9.68. The van der Waals surface area contributed by atoms with Crippen LogP contribution in [0.2, 0.25) is 0 Å². The molecule has 0 bridgehead atoms. The molecule has 1 aromatic carbocycles. The molecule has 0 unspecified atom stereocenters. The van der Waals surface area contributed by atoms with E-state index in [0.717, 1.165) is 24.3 Å². The number of carbonyl (C=O) groups excluding carboxylic acids is 1. The monoisotopic (exact) mass is 247 g/mol. The van der Waals surface area contributed by atoms with E-state index >= 15 is 0 Å². The second kappa shape index (κ2) is 5.56. The molecule has 5 heteroatoms. The molecule has 0 saturated heterocycles. The minimum absolute atomic E-state index is 0.396. The molecule has 1 amide bonds. The zero-order valence-corrected chi connectivity index (χ0v) is 10.0. The predicted molar refractivity (Wildman–Crippen MR) is 67.6 cm³/mol. The Bertz CT molecular complexity index is 479. The first-order chi connectivity index (χ1) is 8.25. The largest absolute Gasteiger partial charge is 0.366 e. The fraction of sp³-hybridized carbons (Fsp3) is 0.167. The van der Waals surface area contributed by atoms with Gasteiger partial charge in [-0.2, -0.15) is 0 Å². The summed E-state index contributed by atoms with van der Waals surface area (Å²) in [6.07, 6.45) is 0. The van der Waals surface area contributed by atoms with Crippen molar-refractivity contribution in [1.29, 1.82) is 0 Å². The number of benzene rings is 1. The lowest BCUT2D eigenvalue weighted by molar-refractivity contribution is 0.100. The van der Waals surface area contributed by atoms with E-state index in [-0.39, 0.29) is 0 Å². The quantitative estimate of drug-likeness (QED) is 0.842. The Morgan fingerprint density at radius 1 is 1.29 bits per heavy atom. The van der Waals surface area contributed by atoms with E-state index in [1.807, 2.05) is 23.0 Å². The van der Waals surface area contributed by atoms with E-state index in [9.17, 15) is 4.79 Å². The maximum atomic E-state index is 10.9. The van der Waals surface area contributed by atoms with Gasteiger partial charge in [-0.05, 0) is 17.7 Å². The first-order valence-electron chi connectivity index (χ1n) is 5.22. The summed E-state index contributed by atoms with van der Waals surface area (Å²) in [5.74, 6) is -0.396. The van der Waals surface area contributed by atoms with Crippen molar-refractivity contribution in [1.82, 2.24) is 10.3 Å². The van der Waals surface area contributed by atoms with Crippen molar-refractivity contribution >= 4 is 17.2 Å². The average Bonchev–Trinajstić information content (AvgIpc) is 2.83. The maximum absolute atomic E-state index is 10.9. The molecule has 88 valence electrons. The van der Waals surface area contributed by atoms with Gasteiger partial charge in [0.15, 0.2) is 0 Å². The molecular weight excluding hydrogens is 234 g/mol. The van der Waals surface area contributed by atoms with Crippen LogP contribution in [-0.2, 0) is 13.1 Å². The van der Waals surface area contributed by atoms with E-state index in [1.54, 1.807) is 23.5 Å². The van der Waals surface area contributed by atoms with Crippen LogP contribution in [0.15, 0.2) is 35.2 Å². The number of carbonyl (C=O) groups is 1. The summed E-state index contributed by atoms with van der Waals surface area (Å²) < 4.78 is 0. The Balaban J connectivity index is 1.85. The number of thiazole rings is 1. The van der Waals surface area contributed by atoms with Gasteiger partial charge in [-0.15, -0.1) is 11.3 Å². The number of primary amides is 1. The van der Waals surface area contributed by atoms with Crippen LogP contribution >= 0.6 is 11.3 Å². The van der Waals surface area contributed by atoms with Crippen LogP contribution in [0.3, 0.4) is 0 Å². The van der Waals surface area contributed by atoms with Crippen molar-refractivity contribution in [3.8, 4) is 0 Å². The van der Waals surface area contributed by atoms with Crippen LogP contribution in [0.4, 0.5) is 0 Å². The van der Waals surface area contributed by atoms with E-state index in [4.69, 9.17) is 5.73 Å². The summed E-state index contributed by atoms with van der Waals surface area (Å²) in [6.45, 7) is 1.50. The molecule has 0 saturated carbocycles. The number of hydrogen-bond donors (Lipinski definition) is 2. The highest BCUT2D eigenvalue weighted by Crippen LogP contribution is 2.05. The van der Waals surface area contributed by atoms with Crippen molar-refractivity contribution in [3.05, 3.63) is 52.0 Å². The first-order valence-corrected chi connectivity index (χ1v) is 6.16. The third-order valence-corrected chi connectivity index (χ3v) is 2.99. The highest BCUT2D eigenvalue weighted by molar-refractivity contribution is 7.07. The molecule has 2 rings (SSSR count). The highest BCUT2D eigenvalue weighted by Gasteiger charge is 2.00. The number of nitrogens with one attached hydrogen (secondary N) is 1. The van der Waals surface area contributed by atoms with Crippen molar-refractivity contribution < 1.29 is 4.79 Å². The number of aromatic nitrogens is 1. The molecule has 0 aliphatic rings. The molecule has 2 aromatic rings. The van der Waals surface area contributed by atoms with Gasteiger partial charge in [0.05, 0.1) is 11.2 Å². The van der Waals surface area contributed by atoms with E-state index < -0.39 is 5.91 Å². The second-order valence-electron chi connectivity index (χ2n) is 3.64. The van der Waals surface area contributed by atoms with E-state index in [2.05, 4.69) is 10.3 Å². The molecule has 4 nitrogen and oxygen atoms in total. The molecule has 0 atom stereocenters. The van der Waals surface area contributed by atoms with Gasteiger partial charge in [0.25, 0.3) is 0 Å². The standard InChI is InChI=1S/C12H13N3OS/c13-12(16)10-3-1-9(2-4-10)5-14-6-11-7-17-8-15-11/h1-4,7-8,14H,5-6H2,(H2,13,16). The molecule has 0 aliphatic heterocycles. The highest BCUT2D eigenvalue weighted by atomic mass is 32.1. The van der Waals surface area contributed by atoms with Crippen molar-refractivity contribution in [2.75, 3.05) is 0 Å². The lowest BCUT2D eigenvalue weighted by atomic mass is 10.1. The summed E-state index contributed by atoms with van der Waals surface area (Å²) in [7, 11) is 0. The van der Waals surface area contributed by atoms with Gasteiger partial charge in [-0.3, -0.25) is 4.79 Å². The molecule has 3 N–H and O–H groups in total. The molecule has 0 aliphatic carbocycles. The predicted octanol–water partition coefficient (Wildman–Crippen LogP) is 1.53. The first kappa shape index (κ1) is 11.8. The molecule has 1 heterocycles. The van der Waals surface area contributed by atoms with Gasteiger partial charge in [0, 0.05) is 24.0 Å². The number of nitrogens with two attached hydrogens (primary N) is 1. The maximum Gasteiger partial charge on any atom is 0.248 e. The summed E-state index contributed by atoms with van der Waals surface area (Å²) in [6, 6.07) is 7.27. The van der Waals surface area contributed by atoms with E-state index in [0.29, 0.717) is 5.56 Å². The Labute approximate surface area is 103 Å². The van der Waals surface area contributed by atoms with Gasteiger partial charge in [-0.25, -0.2) is 4.98 Å². The Kier molecular flexibility index (Phi) is 3.85. The zero-order valence-electron chi connectivity index (χ0n) is 9.22. The molecule has 0 radical (unpaired) electrons. The van der Waals surface area contributed by atoms with Crippen molar-refractivity contribution in [2.24, 2.45) is 5.73 Å². The normalized spacial score (nSPS) is 10.4. The van der Waals surface area contributed by atoms with E-state index in [1.165, 1.54) is 0 Å². The van der Waals surface area contributed by atoms with Crippen LogP contribution in [0.5, 0.6) is 0 Å². The van der Waals surface area contributed by atoms with Crippen LogP contribution in [0.25, 0.3) is 0 Å². The van der Waals surface area contributed by atoms with Crippen LogP contribution < -0.4 is 11.1 Å². The number of nitrogens with zero attached hydrogens (tertiary/aromatic N) is 1. The Hall–Kier alpha value is -1.72. The third kappa shape index (κ3) is 3.37. The lowest BCUT2D eigenvalue weighted by Gasteiger charge is -2.03. The lowest BCUT2D eigenvalue weighted by Crippen LogP contribution is -2.14. The molecular formula is C12H13N3OS. The number of hydrogen-bond acceptors (Lipinski definition) is 4. The Morgan fingerprint density at radius 3 is 2.65 bits per heavy atom. The SMILES string of the molecule is NC(=O)c1ccc(CNCc2cscn2)cc1. The minimum Gasteiger partial charge on any atom is -0.366 e. The average molecular weight is 247 g/mol. The van der Waals surface area contributed by atoms with Crippen LogP contribution in [0.1, 0.15) is 21.6 Å². The molecule has 0 spiro atoms. The van der Waals surface area contributed by atoms with Gasteiger partial charge in [0.1, 0.15) is 0 Å². The Morgan fingerprint density at radius 2 is 2.06 bits per heavy atom.